The molecule has 2 aromatic rings. The van der Waals surface area contributed by atoms with Crippen molar-refractivity contribution in [3.05, 3.63) is 52.5 Å². The summed E-state index contributed by atoms with van der Waals surface area (Å²) in [5.74, 6) is -0.217. The van der Waals surface area contributed by atoms with Crippen molar-refractivity contribution in [3.63, 3.8) is 0 Å². The fourth-order valence-corrected chi connectivity index (χ4v) is 1.95. The minimum Gasteiger partial charge on any atom is -0.507 e. The normalized spacial score (nSPS) is 10.2. The average molecular weight is 335 g/mol. The number of carbonyl (C=O) groups excluding carboxylic acids is 1. The van der Waals surface area contributed by atoms with Crippen molar-refractivity contribution in [2.24, 2.45) is 0 Å². The minimum atomic E-state index is -0.259. The van der Waals surface area contributed by atoms with Crippen LogP contribution in [-0.4, -0.2) is 25.1 Å². The van der Waals surface area contributed by atoms with Crippen molar-refractivity contribution in [2.75, 3.05) is 24.3 Å². The summed E-state index contributed by atoms with van der Waals surface area (Å²) >= 11 is 3.18. The van der Waals surface area contributed by atoms with Crippen LogP contribution in [0.15, 0.2) is 46.9 Å². The Morgan fingerprint density at radius 1 is 1.15 bits per heavy atom. The lowest BCUT2D eigenvalue weighted by Crippen LogP contribution is -2.12. The first-order chi connectivity index (χ1) is 9.47. The quantitative estimate of drug-likeness (QED) is 0.903. The number of anilines is 2. The van der Waals surface area contributed by atoms with Gasteiger partial charge in [-0.05, 0) is 58.4 Å². The number of amides is 1. The summed E-state index contributed by atoms with van der Waals surface area (Å²) in [6.07, 6.45) is 0. The molecule has 0 radical (unpaired) electrons. The van der Waals surface area contributed by atoms with Crippen LogP contribution >= 0.6 is 15.9 Å². The number of hydrogen-bond acceptors (Lipinski definition) is 3. The number of phenolic OH excluding ortho intramolecular Hbond substituents is 1. The number of carbonyl (C=O) groups is 1. The molecule has 0 aliphatic carbocycles. The molecule has 0 saturated carbocycles. The van der Waals surface area contributed by atoms with Crippen molar-refractivity contribution in [3.8, 4) is 5.75 Å². The fourth-order valence-electron chi connectivity index (χ4n) is 1.70. The number of phenols is 1. The van der Waals surface area contributed by atoms with Gasteiger partial charge in [-0.1, -0.05) is 0 Å². The Balaban J connectivity index is 2.12. The molecule has 2 N–H and O–H groups in total. The summed E-state index contributed by atoms with van der Waals surface area (Å²) in [7, 11) is 3.91. The van der Waals surface area contributed by atoms with E-state index in [4.69, 9.17) is 0 Å². The molecule has 0 unspecified atom stereocenters. The van der Waals surface area contributed by atoms with Gasteiger partial charge < -0.3 is 15.3 Å². The van der Waals surface area contributed by atoms with Crippen molar-refractivity contribution >= 4 is 33.2 Å². The first-order valence-corrected chi connectivity index (χ1v) is 6.84. The second-order valence-corrected chi connectivity index (χ2v) is 5.42. The molecule has 0 heterocycles. The molecular weight excluding hydrogens is 320 g/mol. The maximum absolute atomic E-state index is 12.0. The molecule has 0 aromatic heterocycles. The Kier molecular flexibility index (Phi) is 4.29. The second kappa shape index (κ2) is 5.96. The van der Waals surface area contributed by atoms with E-state index in [0.717, 1.165) is 5.69 Å². The second-order valence-electron chi connectivity index (χ2n) is 4.56. The van der Waals surface area contributed by atoms with Crippen LogP contribution in [0, 0.1) is 0 Å². The molecule has 104 valence electrons. The van der Waals surface area contributed by atoms with Gasteiger partial charge in [0.2, 0.25) is 0 Å². The third-order valence-electron chi connectivity index (χ3n) is 2.85. The van der Waals surface area contributed by atoms with Crippen molar-refractivity contribution in [1.29, 1.82) is 0 Å². The smallest absolute Gasteiger partial charge is 0.255 e. The third-order valence-corrected chi connectivity index (χ3v) is 3.52. The number of nitrogens with one attached hydrogen (secondary N) is 1. The fraction of sp³-hybridized carbons (Fsp3) is 0.133. The molecule has 0 saturated heterocycles. The summed E-state index contributed by atoms with van der Waals surface area (Å²) in [4.78, 5) is 14.0. The van der Waals surface area contributed by atoms with E-state index in [9.17, 15) is 9.90 Å². The summed E-state index contributed by atoms with van der Waals surface area (Å²) in [5, 5.41) is 12.4. The molecule has 0 bridgehead atoms. The Bertz CT molecular complexity index is 624. The van der Waals surface area contributed by atoms with Crippen LogP contribution in [0.5, 0.6) is 5.75 Å². The van der Waals surface area contributed by atoms with Crippen LogP contribution in [0.4, 0.5) is 11.4 Å². The van der Waals surface area contributed by atoms with Gasteiger partial charge in [0.05, 0.1) is 4.47 Å². The summed E-state index contributed by atoms with van der Waals surface area (Å²) in [5.41, 5.74) is 2.18. The lowest BCUT2D eigenvalue weighted by Gasteiger charge is -2.13. The number of nitrogens with zero attached hydrogens (tertiary/aromatic N) is 1. The molecule has 0 aliphatic heterocycles. The van der Waals surface area contributed by atoms with Gasteiger partial charge in [-0.15, -0.1) is 0 Å². The number of rotatable bonds is 3. The van der Waals surface area contributed by atoms with E-state index in [1.807, 2.05) is 43.3 Å². The van der Waals surface area contributed by atoms with Gasteiger partial charge in [0.15, 0.2) is 0 Å². The highest BCUT2D eigenvalue weighted by molar-refractivity contribution is 9.10. The highest BCUT2D eigenvalue weighted by Crippen LogP contribution is 2.25. The van der Waals surface area contributed by atoms with Crippen LogP contribution < -0.4 is 10.2 Å². The van der Waals surface area contributed by atoms with Crippen molar-refractivity contribution in [2.45, 2.75) is 0 Å². The number of hydrogen-bond donors (Lipinski definition) is 2. The average Bonchev–Trinajstić information content (AvgIpc) is 2.42. The maximum atomic E-state index is 12.0. The van der Waals surface area contributed by atoms with Gasteiger partial charge in [-0.2, -0.15) is 0 Å². The molecule has 1 amide bonds. The number of aromatic hydroxyl groups is 1. The summed E-state index contributed by atoms with van der Waals surface area (Å²) in [6.45, 7) is 0. The van der Waals surface area contributed by atoms with E-state index < -0.39 is 0 Å². The summed E-state index contributed by atoms with van der Waals surface area (Å²) < 4.78 is 0.560. The van der Waals surface area contributed by atoms with E-state index in [2.05, 4.69) is 21.2 Å². The van der Waals surface area contributed by atoms with E-state index in [-0.39, 0.29) is 11.7 Å². The SMILES string of the molecule is CN(C)c1ccc(NC(=O)c2ccc(Br)c(O)c2)cc1. The molecule has 20 heavy (non-hydrogen) atoms. The molecule has 0 fully saturated rings. The molecule has 0 aliphatic rings. The van der Waals surface area contributed by atoms with Crippen LogP contribution in [-0.2, 0) is 0 Å². The molecule has 4 nitrogen and oxygen atoms in total. The maximum Gasteiger partial charge on any atom is 0.255 e. The van der Waals surface area contributed by atoms with E-state index in [1.165, 1.54) is 6.07 Å². The standard InChI is InChI=1S/C15H15BrN2O2/c1-18(2)12-6-4-11(5-7-12)17-15(20)10-3-8-13(16)14(19)9-10/h3-9,19H,1-2H3,(H,17,20). The molecule has 5 heteroatoms. The zero-order valence-corrected chi connectivity index (χ0v) is 12.8. The third kappa shape index (κ3) is 3.30. The van der Waals surface area contributed by atoms with E-state index in [1.54, 1.807) is 12.1 Å². The Morgan fingerprint density at radius 2 is 1.80 bits per heavy atom. The lowest BCUT2D eigenvalue weighted by molar-refractivity contribution is 0.102. The predicted octanol–water partition coefficient (Wildman–Crippen LogP) is 3.47. The van der Waals surface area contributed by atoms with Gasteiger partial charge in [0.1, 0.15) is 5.75 Å². The Hall–Kier alpha value is -2.01. The Labute approximate surface area is 126 Å². The molecule has 2 aromatic carbocycles. The van der Waals surface area contributed by atoms with Crippen LogP contribution in [0.2, 0.25) is 0 Å². The zero-order chi connectivity index (χ0) is 14.7. The van der Waals surface area contributed by atoms with Crippen LogP contribution in [0.3, 0.4) is 0 Å². The summed E-state index contributed by atoms with van der Waals surface area (Å²) in [6, 6.07) is 12.2. The largest absolute Gasteiger partial charge is 0.507 e. The Morgan fingerprint density at radius 3 is 2.35 bits per heavy atom. The highest BCUT2D eigenvalue weighted by Gasteiger charge is 2.08. The van der Waals surface area contributed by atoms with Gasteiger partial charge in [0, 0.05) is 31.0 Å². The van der Waals surface area contributed by atoms with Gasteiger partial charge >= 0.3 is 0 Å². The molecule has 0 atom stereocenters. The number of benzene rings is 2. The predicted molar refractivity (Wildman–Crippen MR) is 84.5 cm³/mol. The van der Waals surface area contributed by atoms with Crippen LogP contribution in [0.25, 0.3) is 0 Å². The molecular formula is C15H15BrN2O2. The van der Waals surface area contributed by atoms with Gasteiger partial charge in [-0.25, -0.2) is 0 Å². The lowest BCUT2D eigenvalue weighted by atomic mass is 10.2. The molecule has 0 spiro atoms. The van der Waals surface area contributed by atoms with Crippen LogP contribution in [0.1, 0.15) is 10.4 Å². The zero-order valence-electron chi connectivity index (χ0n) is 11.2. The first-order valence-electron chi connectivity index (χ1n) is 6.04. The first kappa shape index (κ1) is 14.4. The van der Waals surface area contributed by atoms with Crippen molar-refractivity contribution in [1.82, 2.24) is 0 Å². The van der Waals surface area contributed by atoms with E-state index >= 15 is 0 Å². The van der Waals surface area contributed by atoms with E-state index in [0.29, 0.717) is 15.7 Å². The van der Waals surface area contributed by atoms with Gasteiger partial charge in [0.25, 0.3) is 5.91 Å². The minimum absolute atomic E-state index is 0.0422. The topological polar surface area (TPSA) is 52.6 Å². The monoisotopic (exact) mass is 334 g/mol. The molecule has 2 rings (SSSR count). The van der Waals surface area contributed by atoms with Gasteiger partial charge in [-0.3, -0.25) is 4.79 Å². The number of halogens is 1. The highest BCUT2D eigenvalue weighted by atomic mass is 79.9. The van der Waals surface area contributed by atoms with Crippen molar-refractivity contribution < 1.29 is 9.90 Å².